The lowest BCUT2D eigenvalue weighted by atomic mass is 10.1. The highest BCUT2D eigenvalue weighted by atomic mass is 35.5. The zero-order valence-corrected chi connectivity index (χ0v) is 12.8. The zero-order chi connectivity index (χ0) is 15.7. The molecule has 0 aliphatic carbocycles. The van der Waals surface area contributed by atoms with Gasteiger partial charge in [-0.05, 0) is 43.9 Å². The number of carboxylic acid groups (broad SMARTS) is 1. The Morgan fingerprint density at radius 3 is 2.57 bits per heavy atom. The van der Waals surface area contributed by atoms with E-state index < -0.39 is 5.97 Å². The van der Waals surface area contributed by atoms with E-state index >= 15 is 0 Å². The minimum absolute atomic E-state index is 0.0418. The van der Waals surface area contributed by atoms with Crippen LogP contribution in [0.1, 0.15) is 31.7 Å². The van der Waals surface area contributed by atoms with Crippen molar-refractivity contribution in [2.45, 2.75) is 38.6 Å². The van der Waals surface area contributed by atoms with Crippen LogP contribution in [0.15, 0.2) is 24.3 Å². The molecule has 2 amide bonds. The second kappa shape index (κ2) is 9.23. The molecule has 116 valence electrons. The number of halogens is 1. The van der Waals surface area contributed by atoms with Gasteiger partial charge in [0.1, 0.15) is 0 Å². The first-order valence-corrected chi connectivity index (χ1v) is 7.36. The first-order chi connectivity index (χ1) is 9.97. The molecule has 0 spiro atoms. The van der Waals surface area contributed by atoms with Crippen molar-refractivity contribution in [3.05, 3.63) is 34.9 Å². The maximum atomic E-state index is 11.6. The molecule has 1 aromatic rings. The largest absolute Gasteiger partial charge is 0.481 e. The number of carboxylic acids is 1. The van der Waals surface area contributed by atoms with Crippen LogP contribution in [0, 0.1) is 0 Å². The molecular weight excluding hydrogens is 292 g/mol. The highest BCUT2D eigenvalue weighted by Gasteiger charge is 2.07. The molecule has 0 aromatic heterocycles. The monoisotopic (exact) mass is 312 g/mol. The van der Waals surface area contributed by atoms with Gasteiger partial charge in [0, 0.05) is 24.0 Å². The number of carbonyl (C=O) groups is 2. The van der Waals surface area contributed by atoms with Crippen LogP contribution in [0.4, 0.5) is 4.79 Å². The van der Waals surface area contributed by atoms with Crippen molar-refractivity contribution in [2.24, 2.45) is 0 Å². The molecule has 1 rings (SSSR count). The van der Waals surface area contributed by atoms with E-state index in [1.165, 1.54) is 0 Å². The number of rotatable bonds is 8. The van der Waals surface area contributed by atoms with Gasteiger partial charge < -0.3 is 15.7 Å². The molecule has 5 nitrogen and oxygen atoms in total. The van der Waals surface area contributed by atoms with Gasteiger partial charge in [-0.2, -0.15) is 0 Å². The third-order valence-corrected chi connectivity index (χ3v) is 3.27. The third kappa shape index (κ3) is 8.19. The molecule has 0 aliphatic rings. The van der Waals surface area contributed by atoms with Gasteiger partial charge in [0.2, 0.25) is 0 Å². The molecule has 0 saturated heterocycles. The Morgan fingerprint density at radius 2 is 1.95 bits per heavy atom. The highest BCUT2D eigenvalue weighted by molar-refractivity contribution is 6.30. The summed E-state index contributed by atoms with van der Waals surface area (Å²) in [6.45, 7) is 2.40. The Kier molecular flexibility index (Phi) is 7.61. The average Bonchev–Trinajstić information content (AvgIpc) is 2.40. The maximum Gasteiger partial charge on any atom is 0.315 e. The molecular formula is C15H21ClN2O3. The normalized spacial score (nSPS) is 11.7. The van der Waals surface area contributed by atoms with E-state index in [0.29, 0.717) is 24.4 Å². The van der Waals surface area contributed by atoms with E-state index in [-0.39, 0.29) is 18.5 Å². The molecule has 0 aliphatic heterocycles. The lowest BCUT2D eigenvalue weighted by Crippen LogP contribution is -2.41. The van der Waals surface area contributed by atoms with Gasteiger partial charge in [-0.3, -0.25) is 4.79 Å². The summed E-state index contributed by atoms with van der Waals surface area (Å²) in [6.07, 6.45) is 2.07. The van der Waals surface area contributed by atoms with Crippen LogP contribution >= 0.6 is 11.6 Å². The Balaban J connectivity index is 2.15. The van der Waals surface area contributed by atoms with Crippen molar-refractivity contribution in [1.82, 2.24) is 10.6 Å². The summed E-state index contributed by atoms with van der Waals surface area (Å²) in [7, 11) is 0. The van der Waals surface area contributed by atoms with Crippen LogP contribution in [0.2, 0.25) is 5.02 Å². The quantitative estimate of drug-likeness (QED) is 0.690. The number of nitrogens with one attached hydrogen (secondary N) is 2. The van der Waals surface area contributed by atoms with E-state index in [1.807, 2.05) is 31.2 Å². The topological polar surface area (TPSA) is 78.4 Å². The number of hydrogen-bond acceptors (Lipinski definition) is 2. The molecule has 6 heteroatoms. The molecule has 1 aromatic carbocycles. The number of amides is 2. The minimum atomic E-state index is -0.811. The van der Waals surface area contributed by atoms with Gasteiger partial charge in [-0.15, -0.1) is 0 Å². The summed E-state index contributed by atoms with van der Waals surface area (Å²) < 4.78 is 0. The van der Waals surface area contributed by atoms with Crippen molar-refractivity contribution >= 4 is 23.6 Å². The third-order valence-electron chi connectivity index (χ3n) is 3.02. The summed E-state index contributed by atoms with van der Waals surface area (Å²) in [5, 5.41) is 14.8. The van der Waals surface area contributed by atoms with Gasteiger partial charge in [0.25, 0.3) is 0 Å². The summed E-state index contributed by atoms with van der Waals surface area (Å²) in [4.78, 5) is 22.0. The van der Waals surface area contributed by atoms with Crippen LogP contribution in [0.3, 0.4) is 0 Å². The standard InChI is InChI=1S/C15H21ClN2O3/c1-11(3-2-4-14(19)20)18-15(21)17-10-9-12-5-7-13(16)8-6-12/h5-8,11H,2-4,9-10H2,1H3,(H,19,20)(H2,17,18,21). The Labute approximate surface area is 129 Å². The number of urea groups is 1. The zero-order valence-electron chi connectivity index (χ0n) is 12.1. The molecule has 0 fully saturated rings. The lowest BCUT2D eigenvalue weighted by molar-refractivity contribution is -0.137. The van der Waals surface area contributed by atoms with Crippen molar-refractivity contribution < 1.29 is 14.7 Å². The maximum absolute atomic E-state index is 11.6. The van der Waals surface area contributed by atoms with E-state index in [0.717, 1.165) is 12.0 Å². The fourth-order valence-corrected chi connectivity index (χ4v) is 2.00. The number of hydrogen-bond donors (Lipinski definition) is 3. The summed E-state index contributed by atoms with van der Waals surface area (Å²) in [6, 6.07) is 7.22. The van der Waals surface area contributed by atoms with E-state index in [4.69, 9.17) is 16.7 Å². The fourth-order valence-electron chi connectivity index (χ4n) is 1.88. The molecule has 0 heterocycles. The van der Waals surface area contributed by atoms with Crippen LogP contribution in [-0.4, -0.2) is 29.7 Å². The van der Waals surface area contributed by atoms with Crippen molar-refractivity contribution in [3.8, 4) is 0 Å². The van der Waals surface area contributed by atoms with E-state index in [2.05, 4.69) is 10.6 Å². The van der Waals surface area contributed by atoms with Crippen LogP contribution < -0.4 is 10.6 Å². The molecule has 0 saturated carbocycles. The van der Waals surface area contributed by atoms with Gasteiger partial charge in [-0.1, -0.05) is 23.7 Å². The van der Waals surface area contributed by atoms with Crippen molar-refractivity contribution in [1.29, 1.82) is 0 Å². The van der Waals surface area contributed by atoms with Crippen LogP contribution in [0.5, 0.6) is 0 Å². The van der Waals surface area contributed by atoms with Crippen LogP contribution in [-0.2, 0) is 11.2 Å². The van der Waals surface area contributed by atoms with Gasteiger partial charge in [0.05, 0.1) is 0 Å². The highest BCUT2D eigenvalue weighted by Crippen LogP contribution is 2.09. The number of carbonyl (C=O) groups excluding carboxylic acids is 1. The minimum Gasteiger partial charge on any atom is -0.481 e. The molecule has 1 atom stereocenters. The van der Waals surface area contributed by atoms with Gasteiger partial charge in [0.15, 0.2) is 0 Å². The Bertz CT molecular complexity index is 462. The molecule has 1 unspecified atom stereocenters. The van der Waals surface area contributed by atoms with Crippen LogP contribution in [0.25, 0.3) is 0 Å². The second-order valence-electron chi connectivity index (χ2n) is 4.96. The molecule has 0 radical (unpaired) electrons. The SMILES string of the molecule is CC(CCCC(=O)O)NC(=O)NCCc1ccc(Cl)cc1. The summed E-state index contributed by atoms with van der Waals surface area (Å²) >= 11 is 5.80. The predicted molar refractivity (Wildman–Crippen MR) is 82.6 cm³/mol. The average molecular weight is 313 g/mol. The first kappa shape index (κ1) is 17.3. The second-order valence-corrected chi connectivity index (χ2v) is 5.40. The van der Waals surface area contributed by atoms with Gasteiger partial charge in [-0.25, -0.2) is 4.79 Å². The molecule has 21 heavy (non-hydrogen) atoms. The number of benzene rings is 1. The smallest absolute Gasteiger partial charge is 0.315 e. The van der Waals surface area contributed by atoms with Crippen molar-refractivity contribution in [3.63, 3.8) is 0 Å². The van der Waals surface area contributed by atoms with E-state index in [1.54, 1.807) is 0 Å². The first-order valence-electron chi connectivity index (χ1n) is 6.98. The fraction of sp³-hybridized carbons (Fsp3) is 0.467. The van der Waals surface area contributed by atoms with Gasteiger partial charge >= 0.3 is 12.0 Å². The predicted octanol–water partition coefficient (Wildman–Crippen LogP) is 2.83. The lowest BCUT2D eigenvalue weighted by Gasteiger charge is -2.14. The van der Waals surface area contributed by atoms with E-state index in [9.17, 15) is 9.59 Å². The number of aliphatic carboxylic acids is 1. The van der Waals surface area contributed by atoms with Crippen molar-refractivity contribution in [2.75, 3.05) is 6.54 Å². The summed E-state index contributed by atoms with van der Waals surface area (Å²) in [5.74, 6) is -0.811. The molecule has 0 bridgehead atoms. The molecule has 3 N–H and O–H groups in total. The Morgan fingerprint density at radius 1 is 1.29 bits per heavy atom. The Hall–Kier alpha value is -1.75. The summed E-state index contributed by atoms with van der Waals surface area (Å²) in [5.41, 5.74) is 1.11.